The van der Waals surface area contributed by atoms with Gasteiger partial charge in [-0.2, -0.15) is 0 Å². The average Bonchev–Trinajstić information content (AvgIpc) is 3.29. The van der Waals surface area contributed by atoms with Crippen molar-refractivity contribution in [2.45, 2.75) is 25.3 Å². The van der Waals surface area contributed by atoms with Crippen LogP contribution in [0.5, 0.6) is 0 Å². The summed E-state index contributed by atoms with van der Waals surface area (Å²) in [7, 11) is 0. The van der Waals surface area contributed by atoms with Crippen molar-refractivity contribution in [2.75, 3.05) is 13.1 Å². The van der Waals surface area contributed by atoms with Crippen molar-refractivity contribution in [3.63, 3.8) is 0 Å². The SMILES string of the molecule is O=C(NCc1cc(C2CCNCC2)no1)c1ccnc2ccsc12. The van der Waals surface area contributed by atoms with Gasteiger partial charge in [-0.25, -0.2) is 0 Å². The van der Waals surface area contributed by atoms with E-state index in [1.54, 1.807) is 12.3 Å². The lowest BCUT2D eigenvalue weighted by molar-refractivity contribution is 0.0949. The van der Waals surface area contributed by atoms with Crippen LogP contribution >= 0.6 is 11.3 Å². The van der Waals surface area contributed by atoms with Crippen LogP contribution in [0.25, 0.3) is 10.2 Å². The van der Waals surface area contributed by atoms with Crippen molar-refractivity contribution in [3.05, 3.63) is 46.8 Å². The number of carbonyl (C=O) groups excluding carboxylic acids is 1. The maximum atomic E-state index is 12.4. The van der Waals surface area contributed by atoms with E-state index in [9.17, 15) is 4.79 Å². The highest BCUT2D eigenvalue weighted by atomic mass is 32.1. The van der Waals surface area contributed by atoms with E-state index in [2.05, 4.69) is 20.8 Å². The molecule has 0 saturated carbocycles. The second-order valence-electron chi connectivity index (χ2n) is 5.92. The van der Waals surface area contributed by atoms with Gasteiger partial charge in [0.25, 0.3) is 5.91 Å². The van der Waals surface area contributed by atoms with Crippen molar-refractivity contribution in [1.29, 1.82) is 0 Å². The lowest BCUT2D eigenvalue weighted by Gasteiger charge is -2.19. The van der Waals surface area contributed by atoms with Gasteiger partial charge in [-0.05, 0) is 43.4 Å². The molecule has 124 valence electrons. The second-order valence-corrected chi connectivity index (χ2v) is 6.83. The van der Waals surface area contributed by atoms with Gasteiger partial charge in [0.2, 0.25) is 0 Å². The van der Waals surface area contributed by atoms with Crippen molar-refractivity contribution in [1.82, 2.24) is 20.8 Å². The zero-order valence-electron chi connectivity index (χ0n) is 13.1. The molecule has 6 nitrogen and oxygen atoms in total. The molecule has 0 bridgehead atoms. The maximum Gasteiger partial charge on any atom is 0.253 e. The van der Waals surface area contributed by atoms with Gasteiger partial charge in [0.1, 0.15) is 0 Å². The number of nitrogens with one attached hydrogen (secondary N) is 2. The second kappa shape index (κ2) is 6.70. The standard InChI is InChI=1S/C17H18N4O2S/c22-17(13-3-7-19-14-4-8-24-16(13)14)20-10-12-9-15(21-23-12)11-1-5-18-6-2-11/h3-4,7-9,11,18H,1-2,5-6,10H2,(H,20,22). The van der Waals surface area contributed by atoms with Gasteiger partial charge in [-0.1, -0.05) is 5.16 Å². The molecule has 2 N–H and O–H groups in total. The van der Waals surface area contributed by atoms with Crippen molar-refractivity contribution in [2.24, 2.45) is 0 Å². The van der Waals surface area contributed by atoms with Gasteiger partial charge in [0.15, 0.2) is 5.76 Å². The summed E-state index contributed by atoms with van der Waals surface area (Å²) in [5, 5.41) is 12.4. The van der Waals surface area contributed by atoms with Gasteiger partial charge in [-0.3, -0.25) is 9.78 Å². The first kappa shape index (κ1) is 15.3. The molecule has 4 rings (SSSR count). The first-order valence-electron chi connectivity index (χ1n) is 8.08. The number of pyridine rings is 1. The lowest BCUT2D eigenvalue weighted by Crippen LogP contribution is -2.26. The number of aromatic nitrogens is 2. The van der Waals surface area contributed by atoms with E-state index >= 15 is 0 Å². The summed E-state index contributed by atoms with van der Waals surface area (Å²) >= 11 is 1.52. The quantitative estimate of drug-likeness (QED) is 0.762. The Kier molecular flexibility index (Phi) is 4.27. The molecule has 1 fully saturated rings. The molecule has 0 aromatic carbocycles. The Morgan fingerprint density at radius 3 is 3.12 bits per heavy atom. The number of carbonyl (C=O) groups is 1. The van der Waals surface area contributed by atoms with Gasteiger partial charge in [0, 0.05) is 18.2 Å². The summed E-state index contributed by atoms with van der Waals surface area (Å²) in [6.07, 6.45) is 3.81. The van der Waals surface area contributed by atoms with Crippen molar-refractivity contribution < 1.29 is 9.32 Å². The summed E-state index contributed by atoms with van der Waals surface area (Å²) in [5.74, 6) is 1.02. The summed E-state index contributed by atoms with van der Waals surface area (Å²) in [6, 6.07) is 5.62. The largest absolute Gasteiger partial charge is 0.359 e. The number of hydrogen-bond donors (Lipinski definition) is 2. The predicted molar refractivity (Wildman–Crippen MR) is 92.1 cm³/mol. The number of piperidine rings is 1. The molecule has 0 spiro atoms. The lowest BCUT2D eigenvalue weighted by atomic mass is 9.95. The first-order valence-corrected chi connectivity index (χ1v) is 8.96. The zero-order chi connectivity index (χ0) is 16.4. The monoisotopic (exact) mass is 342 g/mol. The topological polar surface area (TPSA) is 80.0 Å². The van der Waals surface area contributed by atoms with Crippen molar-refractivity contribution >= 4 is 27.5 Å². The summed E-state index contributed by atoms with van der Waals surface area (Å²) < 4.78 is 6.29. The molecule has 24 heavy (non-hydrogen) atoms. The molecule has 0 aliphatic carbocycles. The van der Waals surface area contributed by atoms with Crippen LogP contribution < -0.4 is 10.6 Å². The van der Waals surface area contributed by atoms with Crippen LogP contribution in [0.3, 0.4) is 0 Å². The van der Waals surface area contributed by atoms with Crippen LogP contribution in [0.15, 0.2) is 34.3 Å². The molecule has 3 aromatic heterocycles. The number of thiophene rings is 1. The minimum Gasteiger partial charge on any atom is -0.359 e. The smallest absolute Gasteiger partial charge is 0.253 e. The fourth-order valence-corrected chi connectivity index (χ4v) is 3.90. The summed E-state index contributed by atoms with van der Waals surface area (Å²) in [5.41, 5.74) is 2.49. The molecular formula is C17H18N4O2S. The van der Waals surface area contributed by atoms with Crippen LogP contribution in [-0.2, 0) is 6.54 Å². The van der Waals surface area contributed by atoms with E-state index in [0.29, 0.717) is 23.8 Å². The summed E-state index contributed by atoms with van der Waals surface area (Å²) in [4.78, 5) is 16.7. The molecule has 1 aliphatic heterocycles. The Hall–Kier alpha value is -2.25. The first-order chi connectivity index (χ1) is 11.8. The third-order valence-electron chi connectivity index (χ3n) is 4.35. The molecule has 4 heterocycles. The Morgan fingerprint density at radius 2 is 2.25 bits per heavy atom. The molecule has 3 aromatic rings. The Bertz CT molecular complexity index is 851. The fourth-order valence-electron chi connectivity index (χ4n) is 3.04. The fraction of sp³-hybridized carbons (Fsp3) is 0.353. The Labute approximate surface area is 143 Å². The predicted octanol–water partition coefficient (Wildman–Crippen LogP) is 2.68. The third-order valence-corrected chi connectivity index (χ3v) is 5.28. The van der Waals surface area contributed by atoms with Gasteiger partial charge in [-0.15, -0.1) is 11.3 Å². The van der Waals surface area contributed by atoms with Gasteiger partial charge < -0.3 is 15.2 Å². The average molecular weight is 342 g/mol. The number of amides is 1. The summed E-state index contributed by atoms with van der Waals surface area (Å²) in [6.45, 7) is 2.37. The van der Waals surface area contributed by atoms with Crippen LogP contribution in [0.2, 0.25) is 0 Å². The normalized spacial score (nSPS) is 15.7. The van der Waals surface area contributed by atoms with Crippen LogP contribution in [0.4, 0.5) is 0 Å². The molecule has 7 heteroatoms. The van der Waals surface area contributed by atoms with Crippen LogP contribution in [0.1, 0.15) is 40.6 Å². The molecule has 1 saturated heterocycles. The third kappa shape index (κ3) is 3.05. The number of nitrogens with zero attached hydrogens (tertiary/aromatic N) is 2. The Balaban J connectivity index is 1.42. The highest BCUT2D eigenvalue weighted by Gasteiger charge is 2.19. The van der Waals surface area contributed by atoms with Gasteiger partial charge in [0.05, 0.1) is 28.0 Å². The minimum atomic E-state index is -0.121. The van der Waals surface area contributed by atoms with Crippen molar-refractivity contribution in [3.8, 4) is 0 Å². The van der Waals surface area contributed by atoms with E-state index < -0.39 is 0 Å². The van der Waals surface area contributed by atoms with Crippen LogP contribution in [-0.4, -0.2) is 29.1 Å². The van der Waals surface area contributed by atoms with E-state index in [0.717, 1.165) is 41.8 Å². The zero-order valence-corrected chi connectivity index (χ0v) is 13.9. The highest BCUT2D eigenvalue weighted by Crippen LogP contribution is 2.25. The number of rotatable bonds is 4. The van der Waals surface area contributed by atoms with Crippen LogP contribution in [0, 0.1) is 0 Å². The maximum absolute atomic E-state index is 12.4. The minimum absolute atomic E-state index is 0.121. The van der Waals surface area contributed by atoms with E-state index in [1.807, 2.05) is 17.5 Å². The molecule has 1 aliphatic rings. The van der Waals surface area contributed by atoms with Gasteiger partial charge >= 0.3 is 0 Å². The molecule has 0 atom stereocenters. The highest BCUT2D eigenvalue weighted by molar-refractivity contribution is 7.17. The van der Waals surface area contributed by atoms with E-state index in [4.69, 9.17) is 4.52 Å². The Morgan fingerprint density at radius 1 is 1.38 bits per heavy atom. The molecule has 1 amide bonds. The molecule has 0 unspecified atom stereocenters. The molecular weight excluding hydrogens is 324 g/mol. The van der Waals surface area contributed by atoms with E-state index in [1.165, 1.54) is 11.3 Å². The number of hydrogen-bond acceptors (Lipinski definition) is 6. The number of fused-ring (bicyclic) bond motifs is 1. The molecule has 0 radical (unpaired) electrons. The van der Waals surface area contributed by atoms with E-state index in [-0.39, 0.29) is 5.91 Å².